The molecule has 2 aromatic rings. The van der Waals surface area contributed by atoms with Gasteiger partial charge in [0.2, 0.25) is 0 Å². The molecular formula is C14H16ClN3O2. The maximum absolute atomic E-state index is 11.6. The van der Waals surface area contributed by atoms with Gasteiger partial charge in [-0.05, 0) is 25.0 Å². The van der Waals surface area contributed by atoms with Crippen LogP contribution >= 0.6 is 11.6 Å². The fraction of sp³-hybridized carbons (Fsp3) is 0.286. The summed E-state index contributed by atoms with van der Waals surface area (Å²) < 4.78 is 4.91. The van der Waals surface area contributed by atoms with Crippen molar-refractivity contribution in [2.45, 2.75) is 19.9 Å². The largest absolute Gasteiger partial charge is 0.361 e. The Bertz CT molecular complexity index is 583. The minimum atomic E-state index is -0.224. The molecule has 1 aromatic carbocycles. The lowest BCUT2D eigenvalue weighted by atomic mass is 10.1. The highest BCUT2D eigenvalue weighted by atomic mass is 35.5. The summed E-state index contributed by atoms with van der Waals surface area (Å²) in [6.45, 7) is 2.73. The van der Waals surface area contributed by atoms with Gasteiger partial charge in [0.05, 0.1) is 6.20 Å². The van der Waals surface area contributed by atoms with Crippen LogP contribution < -0.4 is 10.6 Å². The number of rotatable bonds is 5. The van der Waals surface area contributed by atoms with Crippen molar-refractivity contribution in [3.05, 3.63) is 52.4 Å². The highest BCUT2D eigenvalue weighted by molar-refractivity contribution is 6.31. The van der Waals surface area contributed by atoms with Crippen molar-refractivity contribution in [1.29, 1.82) is 0 Å². The van der Waals surface area contributed by atoms with Gasteiger partial charge in [-0.3, -0.25) is 0 Å². The Morgan fingerprint density at radius 2 is 2.10 bits per heavy atom. The van der Waals surface area contributed by atoms with Crippen molar-refractivity contribution < 1.29 is 9.32 Å². The molecule has 0 bridgehead atoms. The third-order valence-electron chi connectivity index (χ3n) is 2.93. The van der Waals surface area contributed by atoms with E-state index in [4.69, 9.17) is 16.1 Å². The first-order chi connectivity index (χ1) is 9.66. The van der Waals surface area contributed by atoms with E-state index in [1.807, 2.05) is 24.3 Å². The summed E-state index contributed by atoms with van der Waals surface area (Å²) in [6, 6.07) is 7.37. The van der Waals surface area contributed by atoms with Crippen molar-refractivity contribution in [3.63, 3.8) is 0 Å². The topological polar surface area (TPSA) is 67.2 Å². The van der Waals surface area contributed by atoms with Gasteiger partial charge in [-0.2, -0.15) is 0 Å². The van der Waals surface area contributed by atoms with Crippen molar-refractivity contribution in [3.8, 4) is 0 Å². The predicted octanol–water partition coefficient (Wildman–Crippen LogP) is 2.68. The SMILES string of the molecule is Cc1oncc1CNC(=O)NCCc1ccccc1Cl. The van der Waals surface area contributed by atoms with E-state index < -0.39 is 0 Å². The second-order valence-electron chi connectivity index (χ2n) is 4.36. The summed E-state index contributed by atoms with van der Waals surface area (Å²) in [4.78, 5) is 11.6. The van der Waals surface area contributed by atoms with Crippen LogP contribution in [-0.4, -0.2) is 17.7 Å². The number of aromatic nitrogens is 1. The van der Waals surface area contributed by atoms with E-state index in [1.54, 1.807) is 13.1 Å². The number of benzene rings is 1. The number of amides is 2. The summed E-state index contributed by atoms with van der Waals surface area (Å²) in [5.41, 5.74) is 1.88. The average Bonchev–Trinajstić information content (AvgIpc) is 2.84. The molecule has 5 nitrogen and oxygen atoms in total. The molecule has 0 fully saturated rings. The second kappa shape index (κ2) is 6.96. The van der Waals surface area contributed by atoms with Crippen LogP contribution in [0.5, 0.6) is 0 Å². The summed E-state index contributed by atoms with van der Waals surface area (Å²) in [6.07, 6.45) is 2.29. The van der Waals surface area contributed by atoms with E-state index in [0.717, 1.165) is 16.1 Å². The Labute approximate surface area is 122 Å². The number of nitrogens with one attached hydrogen (secondary N) is 2. The van der Waals surface area contributed by atoms with Crippen LogP contribution in [-0.2, 0) is 13.0 Å². The number of hydrogen-bond donors (Lipinski definition) is 2. The Hall–Kier alpha value is -2.01. The zero-order valence-corrected chi connectivity index (χ0v) is 11.9. The molecule has 2 rings (SSSR count). The Balaban J connectivity index is 1.71. The molecule has 0 aliphatic heterocycles. The lowest BCUT2D eigenvalue weighted by Crippen LogP contribution is -2.36. The van der Waals surface area contributed by atoms with E-state index in [0.29, 0.717) is 25.3 Å². The number of urea groups is 1. The lowest BCUT2D eigenvalue weighted by molar-refractivity contribution is 0.240. The summed E-state index contributed by atoms with van der Waals surface area (Å²) in [7, 11) is 0. The van der Waals surface area contributed by atoms with Gasteiger partial charge in [0.15, 0.2) is 0 Å². The van der Waals surface area contributed by atoms with Crippen LogP contribution in [0.25, 0.3) is 0 Å². The van der Waals surface area contributed by atoms with Gasteiger partial charge in [-0.1, -0.05) is 35.0 Å². The van der Waals surface area contributed by atoms with Gasteiger partial charge >= 0.3 is 6.03 Å². The molecule has 1 aromatic heterocycles. The molecule has 20 heavy (non-hydrogen) atoms. The van der Waals surface area contributed by atoms with Crippen LogP contribution in [0.1, 0.15) is 16.9 Å². The molecule has 2 N–H and O–H groups in total. The molecule has 0 radical (unpaired) electrons. The summed E-state index contributed by atoms with van der Waals surface area (Å²) in [5.74, 6) is 0.710. The van der Waals surface area contributed by atoms with Gasteiger partial charge in [-0.15, -0.1) is 0 Å². The quantitative estimate of drug-likeness (QED) is 0.890. The number of hydrogen-bond acceptors (Lipinski definition) is 3. The lowest BCUT2D eigenvalue weighted by Gasteiger charge is -2.07. The van der Waals surface area contributed by atoms with E-state index in [1.165, 1.54) is 0 Å². The van der Waals surface area contributed by atoms with E-state index >= 15 is 0 Å². The molecule has 0 unspecified atom stereocenters. The van der Waals surface area contributed by atoms with Gasteiger partial charge in [-0.25, -0.2) is 4.79 Å². The van der Waals surface area contributed by atoms with Gasteiger partial charge in [0, 0.05) is 23.7 Å². The standard InChI is InChI=1S/C14H16ClN3O2/c1-10-12(9-18-20-10)8-17-14(19)16-7-6-11-4-2-3-5-13(11)15/h2-5,9H,6-8H2,1H3,(H2,16,17,19). The third kappa shape index (κ3) is 3.99. The number of carbonyl (C=O) groups is 1. The smallest absolute Gasteiger partial charge is 0.315 e. The monoisotopic (exact) mass is 293 g/mol. The Morgan fingerprint density at radius 1 is 1.30 bits per heavy atom. The number of halogens is 1. The first-order valence-electron chi connectivity index (χ1n) is 6.32. The maximum Gasteiger partial charge on any atom is 0.315 e. The highest BCUT2D eigenvalue weighted by Crippen LogP contribution is 2.14. The number of nitrogens with zero attached hydrogens (tertiary/aromatic N) is 1. The molecule has 0 spiro atoms. The zero-order chi connectivity index (χ0) is 14.4. The minimum Gasteiger partial charge on any atom is -0.361 e. The number of aryl methyl sites for hydroxylation is 1. The fourth-order valence-electron chi connectivity index (χ4n) is 1.74. The van der Waals surface area contributed by atoms with Gasteiger partial charge < -0.3 is 15.2 Å². The van der Waals surface area contributed by atoms with Crippen molar-refractivity contribution in [2.24, 2.45) is 0 Å². The van der Waals surface area contributed by atoms with Crippen LogP contribution in [0, 0.1) is 6.92 Å². The molecule has 0 saturated carbocycles. The van der Waals surface area contributed by atoms with Crippen LogP contribution in [0.15, 0.2) is 35.0 Å². The van der Waals surface area contributed by atoms with Gasteiger partial charge in [0.25, 0.3) is 0 Å². The first kappa shape index (κ1) is 14.4. The molecule has 1 heterocycles. The molecule has 0 atom stereocenters. The molecule has 0 aliphatic carbocycles. The van der Waals surface area contributed by atoms with Crippen molar-refractivity contribution >= 4 is 17.6 Å². The molecule has 0 aliphatic rings. The highest BCUT2D eigenvalue weighted by Gasteiger charge is 2.05. The molecule has 106 valence electrons. The predicted molar refractivity (Wildman–Crippen MR) is 76.6 cm³/mol. The Morgan fingerprint density at radius 3 is 2.80 bits per heavy atom. The van der Waals surface area contributed by atoms with Crippen molar-refractivity contribution in [1.82, 2.24) is 15.8 Å². The summed E-state index contributed by atoms with van der Waals surface area (Å²) >= 11 is 6.04. The second-order valence-corrected chi connectivity index (χ2v) is 4.77. The molecule has 0 saturated heterocycles. The average molecular weight is 294 g/mol. The fourth-order valence-corrected chi connectivity index (χ4v) is 1.97. The molecule has 6 heteroatoms. The van der Waals surface area contributed by atoms with E-state index in [9.17, 15) is 4.79 Å². The maximum atomic E-state index is 11.6. The number of carbonyl (C=O) groups excluding carboxylic acids is 1. The zero-order valence-electron chi connectivity index (χ0n) is 11.1. The third-order valence-corrected chi connectivity index (χ3v) is 3.30. The minimum absolute atomic E-state index is 0.224. The van der Waals surface area contributed by atoms with Crippen molar-refractivity contribution in [2.75, 3.05) is 6.54 Å². The van der Waals surface area contributed by atoms with Crippen LogP contribution in [0.3, 0.4) is 0 Å². The normalized spacial score (nSPS) is 10.3. The molecule has 2 amide bonds. The molecular weight excluding hydrogens is 278 g/mol. The summed E-state index contributed by atoms with van der Waals surface area (Å²) in [5, 5.41) is 9.89. The van der Waals surface area contributed by atoms with Crippen LogP contribution in [0.2, 0.25) is 5.02 Å². The van der Waals surface area contributed by atoms with E-state index in [-0.39, 0.29) is 6.03 Å². The van der Waals surface area contributed by atoms with Crippen LogP contribution in [0.4, 0.5) is 4.79 Å². The van der Waals surface area contributed by atoms with Gasteiger partial charge in [0.1, 0.15) is 5.76 Å². The first-order valence-corrected chi connectivity index (χ1v) is 6.70. The Kier molecular flexibility index (Phi) is 5.01. The van der Waals surface area contributed by atoms with E-state index in [2.05, 4.69) is 15.8 Å².